The SMILES string of the molecule is c1cnc2c(c1)ccc1ccc(-c3ccc4ccc5c(-c6ccc(-c7cccc8c7oc7ccccc78)cc6)ccc6ccc3c4c65)nc12. The van der Waals surface area contributed by atoms with E-state index in [9.17, 15) is 0 Å². The quantitative estimate of drug-likeness (QED) is 0.184. The third kappa shape index (κ3) is 3.84. The van der Waals surface area contributed by atoms with Crippen LogP contribution < -0.4 is 0 Å². The van der Waals surface area contributed by atoms with Gasteiger partial charge in [0.1, 0.15) is 11.2 Å². The van der Waals surface area contributed by atoms with Crippen molar-refractivity contribution in [3.05, 3.63) is 158 Å². The molecule has 8 aromatic carbocycles. The van der Waals surface area contributed by atoms with Crippen LogP contribution in [-0.4, -0.2) is 9.97 Å². The molecule has 3 heterocycles. The second kappa shape index (κ2) is 9.96. The Morgan fingerprint density at radius 3 is 1.84 bits per heavy atom. The van der Waals surface area contributed by atoms with Crippen LogP contribution in [0.2, 0.25) is 0 Å². The fraction of sp³-hybridized carbons (Fsp3) is 0. The van der Waals surface area contributed by atoms with Gasteiger partial charge in [0.15, 0.2) is 0 Å². The lowest BCUT2D eigenvalue weighted by Crippen LogP contribution is -1.92. The molecule has 0 atom stereocenters. The lowest BCUT2D eigenvalue weighted by atomic mass is 9.87. The molecule has 0 radical (unpaired) electrons. The third-order valence-electron chi connectivity index (χ3n) is 10.3. The lowest BCUT2D eigenvalue weighted by molar-refractivity contribution is 0.670. The molecule has 49 heavy (non-hydrogen) atoms. The van der Waals surface area contributed by atoms with Gasteiger partial charge in [-0.2, -0.15) is 0 Å². The highest BCUT2D eigenvalue weighted by Crippen LogP contribution is 2.43. The minimum absolute atomic E-state index is 0.917. The van der Waals surface area contributed by atoms with Crippen LogP contribution in [0.4, 0.5) is 0 Å². The Morgan fingerprint density at radius 2 is 1.02 bits per heavy atom. The molecule has 0 amide bonds. The van der Waals surface area contributed by atoms with Gasteiger partial charge in [0, 0.05) is 38.9 Å². The van der Waals surface area contributed by atoms with E-state index < -0.39 is 0 Å². The second-order valence-electron chi connectivity index (χ2n) is 12.9. The van der Waals surface area contributed by atoms with Crippen LogP contribution >= 0.6 is 0 Å². The number of aromatic nitrogens is 2. The van der Waals surface area contributed by atoms with Gasteiger partial charge in [-0.1, -0.05) is 133 Å². The van der Waals surface area contributed by atoms with Gasteiger partial charge in [-0.25, -0.2) is 4.98 Å². The van der Waals surface area contributed by atoms with E-state index >= 15 is 0 Å². The average molecular weight is 623 g/mol. The highest BCUT2D eigenvalue weighted by atomic mass is 16.3. The number of hydrogen-bond acceptors (Lipinski definition) is 3. The Kier molecular flexibility index (Phi) is 5.38. The number of hydrogen-bond donors (Lipinski definition) is 0. The number of rotatable bonds is 3. The van der Waals surface area contributed by atoms with Crippen molar-refractivity contribution in [3.63, 3.8) is 0 Å². The van der Waals surface area contributed by atoms with Gasteiger partial charge < -0.3 is 4.42 Å². The van der Waals surface area contributed by atoms with Crippen LogP contribution in [-0.2, 0) is 0 Å². The van der Waals surface area contributed by atoms with Crippen molar-refractivity contribution in [1.82, 2.24) is 9.97 Å². The lowest BCUT2D eigenvalue weighted by Gasteiger charge is -2.16. The van der Waals surface area contributed by atoms with Gasteiger partial charge in [-0.15, -0.1) is 0 Å². The Bertz CT molecular complexity index is 3100. The van der Waals surface area contributed by atoms with Crippen molar-refractivity contribution in [1.29, 1.82) is 0 Å². The summed E-state index contributed by atoms with van der Waals surface area (Å²) in [7, 11) is 0. The zero-order chi connectivity index (χ0) is 32.1. The summed E-state index contributed by atoms with van der Waals surface area (Å²) in [6.07, 6.45) is 1.85. The minimum atomic E-state index is 0.917. The maximum absolute atomic E-state index is 6.35. The predicted octanol–water partition coefficient (Wildman–Crippen LogP) is 12.6. The fourth-order valence-electron chi connectivity index (χ4n) is 7.95. The molecule has 0 bridgehead atoms. The molecule has 0 N–H and O–H groups in total. The Balaban J connectivity index is 1.06. The van der Waals surface area contributed by atoms with E-state index in [1.54, 1.807) is 0 Å². The van der Waals surface area contributed by atoms with Crippen molar-refractivity contribution in [3.8, 4) is 33.5 Å². The fourth-order valence-corrected chi connectivity index (χ4v) is 7.95. The van der Waals surface area contributed by atoms with Crippen LogP contribution in [0.1, 0.15) is 0 Å². The molecule has 0 fully saturated rings. The van der Waals surface area contributed by atoms with Gasteiger partial charge >= 0.3 is 0 Å². The van der Waals surface area contributed by atoms with Crippen molar-refractivity contribution < 1.29 is 4.42 Å². The first-order valence-electron chi connectivity index (χ1n) is 16.6. The summed E-state index contributed by atoms with van der Waals surface area (Å²) in [6, 6.07) is 54.3. The Morgan fingerprint density at radius 1 is 0.388 bits per heavy atom. The molecule has 0 aliphatic carbocycles. The molecular formula is C46H26N2O. The van der Waals surface area contributed by atoms with Gasteiger partial charge in [0.25, 0.3) is 0 Å². The topological polar surface area (TPSA) is 38.9 Å². The standard InChI is InChI=1S/C46H26N2O/c1-2-9-41-36(6-1)39-8-3-7-34(46(39)49-41)28-12-10-27(11-13-28)33-21-16-29-19-24-38-35(22-17-30-18-23-37(33)42(29)43(30)38)40-25-20-32-15-14-31-5-4-26-47-44(31)45(32)48-40/h1-26H. The first-order valence-corrected chi connectivity index (χ1v) is 16.6. The summed E-state index contributed by atoms with van der Waals surface area (Å²) >= 11 is 0. The highest BCUT2D eigenvalue weighted by Gasteiger charge is 2.17. The molecule has 0 aliphatic heterocycles. The van der Waals surface area contributed by atoms with E-state index in [0.717, 1.165) is 66.1 Å². The van der Waals surface area contributed by atoms with E-state index in [1.807, 2.05) is 24.4 Å². The van der Waals surface area contributed by atoms with Crippen LogP contribution in [0, 0.1) is 0 Å². The summed E-state index contributed by atoms with van der Waals surface area (Å²) in [6.45, 7) is 0. The summed E-state index contributed by atoms with van der Waals surface area (Å²) in [4.78, 5) is 9.91. The van der Waals surface area contributed by atoms with Gasteiger partial charge in [0.05, 0.1) is 16.7 Å². The van der Waals surface area contributed by atoms with Crippen LogP contribution in [0.5, 0.6) is 0 Å². The molecule has 11 rings (SSSR count). The first kappa shape index (κ1) is 26.5. The van der Waals surface area contributed by atoms with Gasteiger partial charge in [-0.05, 0) is 67.2 Å². The van der Waals surface area contributed by atoms with E-state index in [2.05, 4.69) is 138 Å². The van der Waals surface area contributed by atoms with E-state index in [4.69, 9.17) is 9.40 Å². The molecule has 226 valence electrons. The average Bonchev–Trinajstić information content (AvgIpc) is 3.56. The van der Waals surface area contributed by atoms with E-state index in [-0.39, 0.29) is 0 Å². The number of pyridine rings is 2. The Hall–Kier alpha value is -6.58. The summed E-state index contributed by atoms with van der Waals surface area (Å²) in [5.74, 6) is 0. The predicted molar refractivity (Wildman–Crippen MR) is 204 cm³/mol. The molecule has 0 spiro atoms. The molecule has 0 aliphatic rings. The van der Waals surface area contributed by atoms with Crippen LogP contribution in [0.3, 0.4) is 0 Å². The van der Waals surface area contributed by atoms with Crippen LogP contribution in [0.15, 0.2) is 162 Å². The number of fused-ring (bicyclic) bond motifs is 6. The molecule has 3 heteroatoms. The van der Waals surface area contributed by atoms with Crippen molar-refractivity contribution in [2.45, 2.75) is 0 Å². The maximum atomic E-state index is 6.35. The zero-order valence-electron chi connectivity index (χ0n) is 26.3. The molecule has 3 nitrogen and oxygen atoms in total. The monoisotopic (exact) mass is 622 g/mol. The maximum Gasteiger partial charge on any atom is 0.143 e. The number of nitrogens with zero attached hydrogens (tertiary/aromatic N) is 2. The summed E-state index contributed by atoms with van der Waals surface area (Å²) in [5.41, 5.74) is 10.5. The Labute approximate surface area is 281 Å². The molecule has 11 aromatic rings. The molecule has 0 saturated heterocycles. The molecule has 3 aromatic heterocycles. The van der Waals surface area contributed by atoms with Gasteiger partial charge in [-0.3, -0.25) is 4.98 Å². The second-order valence-corrected chi connectivity index (χ2v) is 12.9. The number of benzene rings is 8. The van der Waals surface area contributed by atoms with Crippen molar-refractivity contribution >= 4 is 76.1 Å². The third-order valence-corrected chi connectivity index (χ3v) is 10.3. The molecule has 0 unspecified atom stereocenters. The number of para-hydroxylation sites is 2. The molecule has 0 saturated carbocycles. The summed E-state index contributed by atoms with van der Waals surface area (Å²) < 4.78 is 6.35. The smallest absolute Gasteiger partial charge is 0.143 e. The zero-order valence-corrected chi connectivity index (χ0v) is 26.3. The van der Waals surface area contributed by atoms with Crippen molar-refractivity contribution in [2.24, 2.45) is 0 Å². The van der Waals surface area contributed by atoms with E-state index in [1.165, 1.54) is 43.4 Å². The highest BCUT2D eigenvalue weighted by molar-refractivity contribution is 6.27. The minimum Gasteiger partial charge on any atom is -0.455 e. The largest absolute Gasteiger partial charge is 0.455 e. The van der Waals surface area contributed by atoms with Gasteiger partial charge in [0.2, 0.25) is 0 Å². The first-order chi connectivity index (χ1) is 24.3. The summed E-state index contributed by atoms with van der Waals surface area (Å²) in [5, 5.41) is 12.0. The normalized spacial score (nSPS) is 12.1. The van der Waals surface area contributed by atoms with Crippen LogP contribution in [0.25, 0.3) is 110 Å². The van der Waals surface area contributed by atoms with Crippen molar-refractivity contribution in [2.75, 3.05) is 0 Å². The molecular weight excluding hydrogens is 597 g/mol. The van der Waals surface area contributed by atoms with E-state index in [0.29, 0.717) is 0 Å². The number of furan rings is 1.